The molecule has 1 heterocycles. The topological polar surface area (TPSA) is 35.9 Å². The Bertz CT molecular complexity index is 265. The molecule has 0 atom stereocenters. The molecule has 0 aliphatic carbocycles. The first-order chi connectivity index (χ1) is 6.31. The summed E-state index contributed by atoms with van der Waals surface area (Å²) in [6, 6.07) is 0. The average Bonchev–Trinajstić information content (AvgIpc) is 2.29. The van der Waals surface area contributed by atoms with Crippen LogP contribution in [-0.2, 0) is 4.79 Å². The van der Waals surface area contributed by atoms with E-state index in [1.807, 2.05) is 11.9 Å². The summed E-state index contributed by atoms with van der Waals surface area (Å²) >= 11 is 0. The van der Waals surface area contributed by atoms with Gasteiger partial charge in [-0.1, -0.05) is 20.8 Å². The highest BCUT2D eigenvalue weighted by atomic mass is 16.2. The first-order valence-electron chi connectivity index (χ1n) is 4.83. The minimum absolute atomic E-state index is 0.0701. The minimum atomic E-state index is 0.0701. The van der Waals surface area contributed by atoms with Gasteiger partial charge in [-0.15, -0.1) is 0 Å². The second kappa shape index (κ2) is 3.59. The molecule has 0 saturated carbocycles. The Morgan fingerprint density at radius 3 is 2.43 bits per heavy atom. The third-order valence-corrected chi connectivity index (χ3v) is 2.08. The molecule has 1 rings (SSSR count). The van der Waals surface area contributed by atoms with Gasteiger partial charge < -0.3 is 4.90 Å². The maximum Gasteiger partial charge on any atom is 0.250 e. The van der Waals surface area contributed by atoms with Crippen LogP contribution in [0.2, 0.25) is 0 Å². The summed E-state index contributed by atoms with van der Waals surface area (Å²) in [5.74, 6) is 0.852. The fourth-order valence-corrected chi connectivity index (χ4v) is 1.62. The van der Waals surface area contributed by atoms with Crippen LogP contribution >= 0.6 is 0 Å². The van der Waals surface area contributed by atoms with Crippen LogP contribution in [-0.4, -0.2) is 48.9 Å². The number of amides is 1. The first-order valence-corrected chi connectivity index (χ1v) is 4.83. The third-order valence-electron chi connectivity index (χ3n) is 2.08. The Morgan fingerprint density at radius 1 is 1.50 bits per heavy atom. The van der Waals surface area contributed by atoms with E-state index in [2.05, 4.69) is 25.8 Å². The summed E-state index contributed by atoms with van der Waals surface area (Å²) in [4.78, 5) is 19.1. The van der Waals surface area contributed by atoms with Gasteiger partial charge in [0.15, 0.2) is 0 Å². The van der Waals surface area contributed by atoms with Gasteiger partial charge in [0.25, 0.3) is 5.91 Å². The van der Waals surface area contributed by atoms with E-state index in [0.29, 0.717) is 6.54 Å². The molecule has 0 bridgehead atoms. The molecule has 0 radical (unpaired) electrons. The molecule has 1 aliphatic heterocycles. The lowest BCUT2D eigenvalue weighted by molar-refractivity contribution is -0.124. The van der Waals surface area contributed by atoms with Gasteiger partial charge in [-0.05, 0) is 5.41 Å². The molecule has 4 heteroatoms. The quantitative estimate of drug-likeness (QED) is 0.623. The van der Waals surface area contributed by atoms with Crippen molar-refractivity contribution >= 4 is 11.9 Å². The van der Waals surface area contributed by atoms with Gasteiger partial charge in [-0.3, -0.25) is 9.69 Å². The van der Waals surface area contributed by atoms with Crippen molar-refractivity contribution in [2.75, 3.05) is 27.2 Å². The molecule has 0 spiro atoms. The Kier molecular flexibility index (Phi) is 2.83. The van der Waals surface area contributed by atoms with Crippen LogP contribution in [0.4, 0.5) is 0 Å². The summed E-state index contributed by atoms with van der Waals surface area (Å²) in [5.41, 5.74) is 0.212. The highest BCUT2D eigenvalue weighted by Crippen LogP contribution is 2.16. The number of likely N-dealkylation sites (N-methyl/N-ethyl adjacent to an activating group) is 1. The van der Waals surface area contributed by atoms with Gasteiger partial charge in [-0.2, -0.15) is 0 Å². The zero-order valence-electron chi connectivity index (χ0n) is 9.66. The van der Waals surface area contributed by atoms with Crippen molar-refractivity contribution in [3.63, 3.8) is 0 Å². The molecule has 1 aliphatic rings. The van der Waals surface area contributed by atoms with Gasteiger partial charge in [0.1, 0.15) is 6.54 Å². The largest absolute Gasteiger partial charge is 0.345 e. The zero-order valence-corrected chi connectivity index (χ0v) is 9.66. The van der Waals surface area contributed by atoms with E-state index in [9.17, 15) is 4.79 Å². The number of aliphatic imine (C=N–C) groups is 1. The molecule has 80 valence electrons. The minimum Gasteiger partial charge on any atom is -0.345 e. The van der Waals surface area contributed by atoms with Crippen LogP contribution in [0.15, 0.2) is 4.99 Å². The molecular weight excluding hydrogens is 178 g/mol. The highest BCUT2D eigenvalue weighted by molar-refractivity contribution is 6.02. The molecule has 0 unspecified atom stereocenters. The standard InChI is InChI=1S/C10H19N3O/c1-10(2,3)7-12(4)9-11-6-8(14)13(9)5/h6-7H2,1-5H3. The maximum atomic E-state index is 11.2. The van der Waals surface area contributed by atoms with Crippen LogP contribution in [0.25, 0.3) is 0 Å². The van der Waals surface area contributed by atoms with Crippen molar-refractivity contribution in [3.8, 4) is 0 Å². The third kappa shape index (κ3) is 2.47. The van der Waals surface area contributed by atoms with Gasteiger partial charge >= 0.3 is 0 Å². The molecule has 0 N–H and O–H groups in total. The number of hydrogen-bond donors (Lipinski definition) is 0. The van der Waals surface area contributed by atoms with E-state index in [0.717, 1.165) is 12.5 Å². The van der Waals surface area contributed by atoms with Crippen molar-refractivity contribution < 1.29 is 4.79 Å². The number of rotatable bonds is 1. The number of hydrogen-bond acceptors (Lipinski definition) is 3. The molecule has 1 amide bonds. The SMILES string of the molecule is CN(CC(C)(C)C)C1=NCC(=O)N1C. The highest BCUT2D eigenvalue weighted by Gasteiger charge is 2.26. The lowest BCUT2D eigenvalue weighted by Crippen LogP contribution is -2.42. The normalized spacial score (nSPS) is 17.4. The summed E-state index contributed by atoms with van der Waals surface area (Å²) in [7, 11) is 3.74. The van der Waals surface area contributed by atoms with E-state index in [-0.39, 0.29) is 11.3 Å². The molecular formula is C10H19N3O. The number of guanidine groups is 1. The lowest BCUT2D eigenvalue weighted by Gasteiger charge is -2.30. The van der Waals surface area contributed by atoms with Gasteiger partial charge in [-0.25, -0.2) is 4.99 Å². The van der Waals surface area contributed by atoms with Crippen LogP contribution < -0.4 is 0 Å². The Balaban J connectivity index is 2.63. The van der Waals surface area contributed by atoms with Crippen LogP contribution in [0.5, 0.6) is 0 Å². The lowest BCUT2D eigenvalue weighted by atomic mass is 9.96. The Labute approximate surface area is 85.6 Å². The van der Waals surface area contributed by atoms with Crippen LogP contribution in [0.3, 0.4) is 0 Å². The second-order valence-corrected chi connectivity index (χ2v) is 4.99. The Hall–Kier alpha value is -1.06. The van der Waals surface area contributed by atoms with Gasteiger partial charge in [0.2, 0.25) is 5.96 Å². The van der Waals surface area contributed by atoms with E-state index in [4.69, 9.17) is 0 Å². The molecule has 0 aromatic carbocycles. The molecule has 0 saturated heterocycles. The summed E-state index contributed by atoms with van der Waals surface area (Å²) in [6.07, 6.45) is 0. The fraction of sp³-hybridized carbons (Fsp3) is 0.800. The number of nitrogens with zero attached hydrogens (tertiary/aromatic N) is 3. The maximum absolute atomic E-state index is 11.2. The summed E-state index contributed by atoms with van der Waals surface area (Å²) < 4.78 is 0. The molecule has 14 heavy (non-hydrogen) atoms. The predicted molar refractivity (Wildman–Crippen MR) is 57.2 cm³/mol. The fourth-order valence-electron chi connectivity index (χ4n) is 1.62. The van der Waals surface area contributed by atoms with Gasteiger partial charge in [0.05, 0.1) is 0 Å². The van der Waals surface area contributed by atoms with E-state index in [1.165, 1.54) is 0 Å². The van der Waals surface area contributed by atoms with Gasteiger partial charge in [0, 0.05) is 20.6 Å². The van der Waals surface area contributed by atoms with Crippen molar-refractivity contribution in [3.05, 3.63) is 0 Å². The van der Waals surface area contributed by atoms with E-state index >= 15 is 0 Å². The number of carbonyl (C=O) groups excluding carboxylic acids is 1. The summed E-state index contributed by atoms with van der Waals surface area (Å²) in [6.45, 7) is 7.69. The second-order valence-electron chi connectivity index (χ2n) is 4.99. The van der Waals surface area contributed by atoms with Crippen molar-refractivity contribution in [1.29, 1.82) is 0 Å². The Morgan fingerprint density at radius 2 is 2.07 bits per heavy atom. The zero-order chi connectivity index (χ0) is 10.9. The first kappa shape index (κ1) is 11.0. The van der Waals surface area contributed by atoms with Crippen molar-refractivity contribution in [2.24, 2.45) is 10.4 Å². The molecule has 4 nitrogen and oxygen atoms in total. The number of carbonyl (C=O) groups is 1. The average molecular weight is 197 g/mol. The van der Waals surface area contributed by atoms with Crippen LogP contribution in [0.1, 0.15) is 20.8 Å². The van der Waals surface area contributed by atoms with Crippen LogP contribution in [0, 0.1) is 5.41 Å². The monoisotopic (exact) mass is 197 g/mol. The van der Waals surface area contributed by atoms with Crippen molar-refractivity contribution in [1.82, 2.24) is 9.80 Å². The van der Waals surface area contributed by atoms with E-state index < -0.39 is 0 Å². The molecule has 0 fully saturated rings. The molecule has 0 aromatic heterocycles. The smallest absolute Gasteiger partial charge is 0.250 e. The summed E-state index contributed by atoms with van der Waals surface area (Å²) in [5, 5.41) is 0. The predicted octanol–water partition coefficient (Wildman–Crippen LogP) is 0.792. The van der Waals surface area contributed by atoms with E-state index in [1.54, 1.807) is 11.9 Å². The van der Waals surface area contributed by atoms with Crippen molar-refractivity contribution in [2.45, 2.75) is 20.8 Å². The molecule has 0 aromatic rings.